The van der Waals surface area contributed by atoms with Crippen molar-refractivity contribution < 1.29 is 0 Å². The second-order valence-corrected chi connectivity index (χ2v) is 5.74. The molecule has 1 atom stereocenters. The number of nitrogens with one attached hydrogen (secondary N) is 1. The second-order valence-electron chi connectivity index (χ2n) is 5.74. The highest BCUT2D eigenvalue weighted by molar-refractivity contribution is 5.01. The van der Waals surface area contributed by atoms with Gasteiger partial charge >= 0.3 is 0 Å². The Morgan fingerprint density at radius 3 is 2.53 bits per heavy atom. The Kier molecular flexibility index (Phi) is 3.36. The third-order valence-electron chi connectivity index (χ3n) is 4.40. The van der Waals surface area contributed by atoms with Gasteiger partial charge in [-0.2, -0.15) is 0 Å². The van der Waals surface area contributed by atoms with E-state index in [0.29, 0.717) is 5.54 Å². The molecule has 2 aliphatic rings. The molecule has 2 heteroatoms. The average molecular weight is 210 g/mol. The van der Waals surface area contributed by atoms with Crippen molar-refractivity contribution in [2.75, 3.05) is 19.6 Å². The normalized spacial score (nSPS) is 31.6. The van der Waals surface area contributed by atoms with Gasteiger partial charge in [0.2, 0.25) is 0 Å². The molecule has 0 radical (unpaired) electrons. The fourth-order valence-corrected chi connectivity index (χ4v) is 3.40. The smallest absolute Gasteiger partial charge is 0.0309 e. The van der Waals surface area contributed by atoms with Gasteiger partial charge in [0.15, 0.2) is 0 Å². The number of hydrogen-bond acceptors (Lipinski definition) is 2. The predicted molar refractivity (Wildman–Crippen MR) is 65.1 cm³/mol. The molecule has 0 amide bonds. The Morgan fingerprint density at radius 2 is 2.00 bits per heavy atom. The highest BCUT2D eigenvalue weighted by atomic mass is 15.3. The van der Waals surface area contributed by atoms with Crippen molar-refractivity contribution in [1.29, 1.82) is 0 Å². The molecule has 2 fully saturated rings. The number of piperazine rings is 1. The van der Waals surface area contributed by atoms with Gasteiger partial charge in [0.1, 0.15) is 0 Å². The first kappa shape index (κ1) is 11.4. The fourth-order valence-electron chi connectivity index (χ4n) is 3.40. The van der Waals surface area contributed by atoms with Crippen LogP contribution < -0.4 is 5.32 Å². The molecule has 1 aliphatic carbocycles. The Labute approximate surface area is 94.4 Å². The van der Waals surface area contributed by atoms with E-state index in [2.05, 4.69) is 31.0 Å². The molecule has 0 aromatic rings. The van der Waals surface area contributed by atoms with Crippen LogP contribution in [0.1, 0.15) is 46.5 Å². The second kappa shape index (κ2) is 4.42. The van der Waals surface area contributed by atoms with Crippen molar-refractivity contribution in [3.63, 3.8) is 0 Å². The molecule has 88 valence electrons. The Hall–Kier alpha value is -0.0800. The first-order chi connectivity index (χ1) is 7.17. The fraction of sp³-hybridized carbons (Fsp3) is 1.00. The molecular formula is C13H26N2. The van der Waals surface area contributed by atoms with Crippen LogP contribution in [-0.4, -0.2) is 36.1 Å². The largest absolute Gasteiger partial charge is 0.308 e. The van der Waals surface area contributed by atoms with Crippen molar-refractivity contribution in [2.45, 2.75) is 58.0 Å². The van der Waals surface area contributed by atoms with Crippen LogP contribution in [0.3, 0.4) is 0 Å². The molecule has 1 heterocycles. The van der Waals surface area contributed by atoms with Crippen LogP contribution in [0.4, 0.5) is 0 Å². The predicted octanol–water partition coefficient (Wildman–Crippen LogP) is 2.25. The summed E-state index contributed by atoms with van der Waals surface area (Å²) in [6, 6.07) is 0.751. The van der Waals surface area contributed by atoms with Crippen molar-refractivity contribution in [3.8, 4) is 0 Å². The SMILES string of the molecule is CCN1CC2(CCCC2)NCC1C(C)C. The summed E-state index contributed by atoms with van der Waals surface area (Å²) in [4.78, 5) is 2.70. The molecule has 2 nitrogen and oxygen atoms in total. The van der Waals surface area contributed by atoms with Crippen molar-refractivity contribution in [3.05, 3.63) is 0 Å². The maximum atomic E-state index is 3.85. The van der Waals surface area contributed by atoms with E-state index in [4.69, 9.17) is 0 Å². The van der Waals surface area contributed by atoms with Gasteiger partial charge in [-0.25, -0.2) is 0 Å². The van der Waals surface area contributed by atoms with E-state index in [9.17, 15) is 0 Å². The molecule has 1 N–H and O–H groups in total. The van der Waals surface area contributed by atoms with Crippen molar-refractivity contribution in [1.82, 2.24) is 10.2 Å². The summed E-state index contributed by atoms with van der Waals surface area (Å²) >= 11 is 0. The third kappa shape index (κ3) is 2.21. The molecule has 0 bridgehead atoms. The van der Waals surface area contributed by atoms with Crippen LogP contribution in [0, 0.1) is 5.92 Å². The summed E-state index contributed by atoms with van der Waals surface area (Å²) < 4.78 is 0. The summed E-state index contributed by atoms with van der Waals surface area (Å²) in [5, 5.41) is 3.85. The highest BCUT2D eigenvalue weighted by Gasteiger charge is 2.40. The lowest BCUT2D eigenvalue weighted by Gasteiger charge is -2.47. The van der Waals surface area contributed by atoms with Crippen LogP contribution in [0.25, 0.3) is 0 Å². The minimum absolute atomic E-state index is 0.487. The molecule has 0 aromatic carbocycles. The summed E-state index contributed by atoms with van der Waals surface area (Å²) in [5.74, 6) is 0.774. The van der Waals surface area contributed by atoms with Crippen LogP contribution in [0.15, 0.2) is 0 Å². The zero-order valence-corrected chi connectivity index (χ0v) is 10.6. The Bertz CT molecular complexity index is 207. The van der Waals surface area contributed by atoms with Gasteiger partial charge in [0.05, 0.1) is 0 Å². The molecule has 0 aromatic heterocycles. The molecular weight excluding hydrogens is 184 g/mol. The van der Waals surface area contributed by atoms with Gasteiger partial charge in [-0.05, 0) is 25.3 Å². The van der Waals surface area contributed by atoms with E-state index < -0.39 is 0 Å². The summed E-state index contributed by atoms with van der Waals surface area (Å²) in [7, 11) is 0. The van der Waals surface area contributed by atoms with Crippen LogP contribution in [0.5, 0.6) is 0 Å². The third-order valence-corrected chi connectivity index (χ3v) is 4.40. The summed E-state index contributed by atoms with van der Waals surface area (Å²) in [6.45, 7) is 10.7. The first-order valence-electron chi connectivity index (χ1n) is 6.66. The van der Waals surface area contributed by atoms with Gasteiger partial charge in [-0.1, -0.05) is 33.6 Å². The average Bonchev–Trinajstić information content (AvgIpc) is 2.66. The molecule has 1 unspecified atom stereocenters. The molecule has 1 saturated carbocycles. The maximum Gasteiger partial charge on any atom is 0.0309 e. The van der Waals surface area contributed by atoms with E-state index in [1.807, 2.05) is 0 Å². The van der Waals surface area contributed by atoms with Crippen molar-refractivity contribution >= 4 is 0 Å². The van der Waals surface area contributed by atoms with Gasteiger partial charge in [-0.15, -0.1) is 0 Å². The lowest BCUT2D eigenvalue weighted by Crippen LogP contribution is -2.64. The van der Waals surface area contributed by atoms with E-state index in [-0.39, 0.29) is 0 Å². The number of likely N-dealkylation sites (N-methyl/N-ethyl adjacent to an activating group) is 1. The summed E-state index contributed by atoms with van der Waals surface area (Å²) in [5.41, 5.74) is 0.487. The lowest BCUT2D eigenvalue weighted by atomic mass is 9.89. The summed E-state index contributed by atoms with van der Waals surface area (Å²) in [6.07, 6.45) is 5.65. The van der Waals surface area contributed by atoms with E-state index in [1.54, 1.807) is 0 Å². The van der Waals surface area contributed by atoms with Crippen molar-refractivity contribution in [2.24, 2.45) is 5.92 Å². The first-order valence-corrected chi connectivity index (χ1v) is 6.66. The monoisotopic (exact) mass is 210 g/mol. The minimum Gasteiger partial charge on any atom is -0.308 e. The standard InChI is InChI=1S/C13H26N2/c1-4-15-10-13(7-5-6-8-13)14-9-12(15)11(2)3/h11-12,14H,4-10H2,1-3H3. The lowest BCUT2D eigenvalue weighted by molar-refractivity contribution is 0.0618. The van der Waals surface area contributed by atoms with Gasteiger partial charge in [-0.3, -0.25) is 4.90 Å². The number of hydrogen-bond donors (Lipinski definition) is 1. The zero-order valence-electron chi connectivity index (χ0n) is 10.6. The van der Waals surface area contributed by atoms with Crippen LogP contribution in [-0.2, 0) is 0 Å². The number of nitrogens with zero attached hydrogens (tertiary/aromatic N) is 1. The molecule has 1 aliphatic heterocycles. The Morgan fingerprint density at radius 1 is 1.33 bits per heavy atom. The highest BCUT2D eigenvalue weighted by Crippen LogP contribution is 2.34. The maximum absolute atomic E-state index is 3.85. The van der Waals surface area contributed by atoms with Gasteiger partial charge in [0.25, 0.3) is 0 Å². The van der Waals surface area contributed by atoms with Gasteiger partial charge in [0, 0.05) is 24.7 Å². The van der Waals surface area contributed by atoms with Gasteiger partial charge < -0.3 is 5.32 Å². The van der Waals surface area contributed by atoms with E-state index in [1.165, 1.54) is 45.3 Å². The molecule has 1 spiro atoms. The van der Waals surface area contributed by atoms with E-state index in [0.717, 1.165) is 12.0 Å². The van der Waals surface area contributed by atoms with E-state index >= 15 is 0 Å². The Balaban J connectivity index is 2.02. The molecule has 2 rings (SSSR count). The topological polar surface area (TPSA) is 15.3 Å². The van der Waals surface area contributed by atoms with Crippen LogP contribution in [0.2, 0.25) is 0 Å². The number of rotatable bonds is 2. The molecule has 1 saturated heterocycles. The quantitative estimate of drug-likeness (QED) is 0.752. The van der Waals surface area contributed by atoms with Crippen LogP contribution >= 0.6 is 0 Å². The zero-order chi connectivity index (χ0) is 10.9. The molecule has 15 heavy (non-hydrogen) atoms. The minimum atomic E-state index is 0.487.